The van der Waals surface area contributed by atoms with Crippen molar-refractivity contribution in [3.8, 4) is 40.3 Å². The number of thioether (sulfide) groups is 1. The second kappa shape index (κ2) is 10.8. The summed E-state index contributed by atoms with van der Waals surface area (Å²) in [6, 6.07) is 27.8. The third-order valence-electron chi connectivity index (χ3n) is 6.46. The third-order valence-corrected chi connectivity index (χ3v) is 7.63. The molecule has 4 aromatic rings. The number of aromatic nitrogens is 1. The van der Waals surface area contributed by atoms with Crippen LogP contribution in [0.3, 0.4) is 0 Å². The molecule has 7 nitrogen and oxygen atoms in total. The molecule has 1 unspecified atom stereocenters. The van der Waals surface area contributed by atoms with Gasteiger partial charge in [-0.15, -0.1) is 0 Å². The number of hydrogen-bond acceptors (Lipinski definition) is 7. The number of methoxy groups -OCH3 is 1. The predicted molar refractivity (Wildman–Crippen MR) is 149 cm³/mol. The highest BCUT2D eigenvalue weighted by Gasteiger charge is 2.41. The van der Waals surface area contributed by atoms with Crippen molar-refractivity contribution in [2.75, 3.05) is 12.0 Å². The fourth-order valence-electron chi connectivity index (χ4n) is 4.37. The highest BCUT2D eigenvalue weighted by molar-refractivity contribution is 8.00. The van der Waals surface area contributed by atoms with Gasteiger partial charge in [-0.25, -0.2) is 9.88 Å². The van der Waals surface area contributed by atoms with Gasteiger partial charge < -0.3 is 4.74 Å². The molecule has 0 saturated carbocycles. The first-order valence-electron chi connectivity index (χ1n) is 12.1. The summed E-state index contributed by atoms with van der Waals surface area (Å²) in [7, 11) is 1.60. The van der Waals surface area contributed by atoms with Gasteiger partial charge in [0.25, 0.3) is 0 Å². The Hall–Kier alpha value is -4.92. The minimum atomic E-state index is -0.746. The van der Waals surface area contributed by atoms with E-state index in [1.54, 1.807) is 31.4 Å². The van der Waals surface area contributed by atoms with Gasteiger partial charge in [0.1, 0.15) is 16.8 Å². The Bertz CT molecular complexity index is 1650. The molecular weight excluding hydrogens is 508 g/mol. The van der Waals surface area contributed by atoms with Gasteiger partial charge in [0.05, 0.1) is 40.9 Å². The van der Waals surface area contributed by atoms with E-state index in [0.717, 1.165) is 33.4 Å². The smallest absolute Gasteiger partial charge is 0.247 e. The van der Waals surface area contributed by atoms with Crippen LogP contribution >= 0.6 is 11.8 Å². The van der Waals surface area contributed by atoms with Crippen molar-refractivity contribution in [1.29, 1.82) is 10.5 Å². The van der Waals surface area contributed by atoms with E-state index >= 15 is 0 Å². The maximum absolute atomic E-state index is 13.4. The van der Waals surface area contributed by atoms with Crippen molar-refractivity contribution < 1.29 is 14.3 Å². The molecule has 2 heterocycles. The Morgan fingerprint density at radius 2 is 1.59 bits per heavy atom. The van der Waals surface area contributed by atoms with Gasteiger partial charge in [-0.05, 0) is 67.1 Å². The summed E-state index contributed by atoms with van der Waals surface area (Å²) < 4.78 is 5.28. The van der Waals surface area contributed by atoms with Crippen LogP contribution in [0.2, 0.25) is 0 Å². The summed E-state index contributed by atoms with van der Waals surface area (Å²) in [5.74, 6) is -0.0170. The van der Waals surface area contributed by atoms with Crippen LogP contribution < -0.4 is 9.64 Å². The van der Waals surface area contributed by atoms with E-state index < -0.39 is 5.25 Å². The number of hydrogen-bond donors (Lipinski definition) is 0. The Morgan fingerprint density at radius 3 is 2.21 bits per heavy atom. The van der Waals surface area contributed by atoms with Crippen LogP contribution in [-0.2, 0) is 9.59 Å². The van der Waals surface area contributed by atoms with E-state index in [9.17, 15) is 14.9 Å². The van der Waals surface area contributed by atoms with E-state index in [4.69, 9.17) is 15.0 Å². The number of anilines is 1. The molecular formula is C31H22N4O3S. The maximum atomic E-state index is 13.4. The van der Waals surface area contributed by atoms with Crippen molar-refractivity contribution in [2.45, 2.75) is 23.6 Å². The fourth-order valence-corrected chi connectivity index (χ4v) is 5.50. The fraction of sp³-hybridized carbons (Fsp3) is 0.129. The molecule has 1 fully saturated rings. The molecule has 3 aromatic carbocycles. The highest BCUT2D eigenvalue weighted by Crippen LogP contribution is 2.39. The van der Waals surface area contributed by atoms with Gasteiger partial charge >= 0.3 is 0 Å². The molecule has 0 N–H and O–H groups in total. The van der Waals surface area contributed by atoms with Crippen molar-refractivity contribution in [2.24, 2.45) is 0 Å². The number of nitrogens with zero attached hydrogens (tertiary/aromatic N) is 4. The van der Waals surface area contributed by atoms with Crippen molar-refractivity contribution >= 4 is 29.3 Å². The minimum Gasteiger partial charge on any atom is -0.497 e. The Balaban J connectivity index is 1.56. The lowest BCUT2D eigenvalue weighted by atomic mass is 9.98. The number of amides is 2. The molecule has 5 rings (SSSR count). The molecule has 0 aliphatic carbocycles. The lowest BCUT2D eigenvalue weighted by Crippen LogP contribution is -2.31. The lowest BCUT2D eigenvalue weighted by molar-refractivity contribution is -0.121. The van der Waals surface area contributed by atoms with Crippen LogP contribution in [0, 0.1) is 29.6 Å². The number of carbonyl (C=O) groups excluding carboxylic acids is 2. The van der Waals surface area contributed by atoms with Gasteiger partial charge in [0.2, 0.25) is 11.8 Å². The molecule has 1 aliphatic heterocycles. The summed E-state index contributed by atoms with van der Waals surface area (Å²) in [5, 5.41) is 18.9. The zero-order valence-corrected chi connectivity index (χ0v) is 22.0. The first-order valence-corrected chi connectivity index (χ1v) is 13.0. The summed E-state index contributed by atoms with van der Waals surface area (Å²) in [6.07, 6.45) is -0.0251. The van der Waals surface area contributed by atoms with E-state index in [1.807, 2.05) is 67.6 Å². The number of nitriles is 2. The number of aryl methyl sites for hydroxylation is 1. The Morgan fingerprint density at radius 1 is 0.923 bits per heavy atom. The molecule has 190 valence electrons. The zero-order valence-electron chi connectivity index (χ0n) is 21.2. The van der Waals surface area contributed by atoms with Crippen LogP contribution in [0.15, 0.2) is 83.9 Å². The highest BCUT2D eigenvalue weighted by atomic mass is 32.2. The molecule has 2 amide bonds. The van der Waals surface area contributed by atoms with Crippen molar-refractivity contribution in [1.82, 2.24) is 4.98 Å². The summed E-state index contributed by atoms with van der Waals surface area (Å²) in [6.45, 7) is 1.99. The Labute approximate surface area is 230 Å². The number of benzene rings is 3. The van der Waals surface area contributed by atoms with Crippen molar-refractivity contribution in [3.63, 3.8) is 0 Å². The first kappa shape index (κ1) is 25.7. The number of pyridine rings is 1. The van der Waals surface area contributed by atoms with Crippen molar-refractivity contribution in [3.05, 3.63) is 95.6 Å². The zero-order chi connectivity index (χ0) is 27.5. The molecule has 1 aliphatic rings. The molecule has 1 atom stereocenters. The van der Waals surface area contributed by atoms with Gasteiger partial charge in [-0.3, -0.25) is 9.59 Å². The van der Waals surface area contributed by atoms with Crippen LogP contribution in [0.5, 0.6) is 5.75 Å². The second-order valence-corrected chi connectivity index (χ2v) is 10.2. The molecule has 39 heavy (non-hydrogen) atoms. The van der Waals surface area contributed by atoms with E-state index in [-0.39, 0.29) is 18.2 Å². The monoisotopic (exact) mass is 530 g/mol. The normalized spacial score (nSPS) is 14.7. The van der Waals surface area contributed by atoms with Crippen LogP contribution in [0.25, 0.3) is 22.4 Å². The topological polar surface area (TPSA) is 107 Å². The molecule has 1 saturated heterocycles. The van der Waals surface area contributed by atoms with Crippen LogP contribution in [0.1, 0.15) is 23.1 Å². The van der Waals surface area contributed by atoms with E-state index in [1.165, 1.54) is 0 Å². The maximum Gasteiger partial charge on any atom is 0.247 e. The number of ether oxygens (including phenoxy) is 1. The van der Waals surface area contributed by atoms with Gasteiger partial charge in [-0.2, -0.15) is 10.5 Å². The molecule has 0 radical (unpaired) electrons. The summed E-state index contributed by atoms with van der Waals surface area (Å²) >= 11 is 1.13. The van der Waals surface area contributed by atoms with Crippen LogP contribution in [0.4, 0.5) is 5.69 Å². The molecule has 8 heteroatoms. The SMILES string of the molecule is COc1ccc(-c2cc(-c3ccc(C)cc3)c(C#N)c(SC3CC(=O)N(c4ccc(C#N)cc4)C3=O)n2)cc1. The third kappa shape index (κ3) is 5.11. The standard InChI is InChI=1S/C31H22N4O3S/c1-19-3-7-21(8-4-19)25-15-27(22-9-13-24(38-2)14-10-22)34-30(26(25)18-33)39-28-16-29(36)35(31(28)37)23-11-5-20(17-32)6-12-23/h3-15,28H,16H2,1-2H3. The number of rotatable bonds is 6. The van der Waals surface area contributed by atoms with E-state index in [0.29, 0.717) is 38.8 Å². The number of imide groups is 1. The van der Waals surface area contributed by atoms with Gasteiger partial charge in [-0.1, -0.05) is 41.6 Å². The van der Waals surface area contributed by atoms with E-state index in [2.05, 4.69) is 6.07 Å². The predicted octanol–water partition coefficient (Wildman–Crippen LogP) is 5.90. The van der Waals surface area contributed by atoms with Gasteiger partial charge in [0, 0.05) is 17.5 Å². The molecule has 0 bridgehead atoms. The first-order chi connectivity index (χ1) is 18.9. The lowest BCUT2D eigenvalue weighted by Gasteiger charge is -2.16. The molecule has 0 spiro atoms. The molecule has 1 aromatic heterocycles. The van der Waals surface area contributed by atoms with Crippen LogP contribution in [-0.4, -0.2) is 29.2 Å². The van der Waals surface area contributed by atoms with Gasteiger partial charge in [0.15, 0.2) is 0 Å². The average molecular weight is 531 g/mol. The average Bonchev–Trinajstić information content (AvgIpc) is 3.25. The summed E-state index contributed by atoms with van der Waals surface area (Å²) in [5.41, 5.74) is 5.29. The number of carbonyl (C=O) groups is 2. The summed E-state index contributed by atoms with van der Waals surface area (Å²) in [4.78, 5) is 32.2. The largest absolute Gasteiger partial charge is 0.497 e. The Kier molecular flexibility index (Phi) is 7.14. The second-order valence-electron chi connectivity index (χ2n) is 8.98. The quantitative estimate of drug-likeness (QED) is 0.286. The minimum absolute atomic E-state index is 0.0251.